The number of sulfonamides is 2. The lowest BCUT2D eigenvalue weighted by atomic mass is 10.3. The van der Waals surface area contributed by atoms with Gasteiger partial charge < -0.3 is 10.1 Å². The molecule has 0 radical (unpaired) electrons. The standard InChI is InChI=1S/C22H29N3O6S3/c1-24(33(27,28)20-11-7-19(32-2)8-12-20)17-22(26)23-13-16-31-18-5-9-21(10-6-18)34(29,30)25-14-3-4-15-25/h5-12H,3-4,13-17H2,1-2H3,(H,23,26). The number of thioether (sulfide) groups is 1. The lowest BCUT2D eigenvalue weighted by molar-refractivity contribution is -0.121. The van der Waals surface area contributed by atoms with Gasteiger partial charge in [-0.1, -0.05) is 0 Å². The van der Waals surface area contributed by atoms with Crippen LogP contribution in [-0.4, -0.2) is 77.4 Å². The monoisotopic (exact) mass is 527 g/mol. The molecule has 1 saturated heterocycles. The van der Waals surface area contributed by atoms with E-state index in [-0.39, 0.29) is 29.5 Å². The van der Waals surface area contributed by atoms with Gasteiger partial charge in [0.15, 0.2) is 0 Å². The van der Waals surface area contributed by atoms with Crippen molar-refractivity contribution in [3.63, 3.8) is 0 Å². The average Bonchev–Trinajstić information content (AvgIpc) is 3.38. The highest BCUT2D eigenvalue weighted by Crippen LogP contribution is 2.23. The van der Waals surface area contributed by atoms with Gasteiger partial charge in [-0.3, -0.25) is 4.79 Å². The Labute approximate surface area is 205 Å². The molecule has 0 spiro atoms. The summed E-state index contributed by atoms with van der Waals surface area (Å²) in [7, 11) is -5.90. The molecule has 0 aromatic heterocycles. The lowest BCUT2D eigenvalue weighted by Gasteiger charge is -2.17. The molecule has 1 aliphatic rings. The van der Waals surface area contributed by atoms with Gasteiger partial charge in [-0.2, -0.15) is 8.61 Å². The first-order valence-electron chi connectivity index (χ1n) is 10.7. The van der Waals surface area contributed by atoms with Gasteiger partial charge in [0.1, 0.15) is 12.4 Å². The quantitative estimate of drug-likeness (QED) is 0.351. The van der Waals surface area contributed by atoms with Gasteiger partial charge in [0.2, 0.25) is 26.0 Å². The third-order valence-corrected chi connectivity index (χ3v) is 9.83. The first-order chi connectivity index (χ1) is 16.1. The normalized spacial score (nSPS) is 14.9. The number of ether oxygens (including phenoxy) is 1. The molecule has 0 saturated carbocycles. The fourth-order valence-electron chi connectivity index (χ4n) is 3.42. The number of carbonyl (C=O) groups excluding carboxylic acids is 1. The zero-order valence-corrected chi connectivity index (χ0v) is 21.6. The molecule has 1 aliphatic heterocycles. The topological polar surface area (TPSA) is 113 Å². The van der Waals surface area contributed by atoms with Gasteiger partial charge in [-0.25, -0.2) is 16.8 Å². The van der Waals surface area contributed by atoms with Crippen molar-refractivity contribution in [2.24, 2.45) is 0 Å². The zero-order chi connectivity index (χ0) is 24.8. The summed E-state index contributed by atoms with van der Waals surface area (Å²) in [5, 5.41) is 2.62. The second kappa shape index (κ2) is 11.5. The maximum atomic E-state index is 12.6. The van der Waals surface area contributed by atoms with E-state index in [0.717, 1.165) is 22.0 Å². The second-order valence-corrected chi connectivity index (χ2v) is 12.6. The summed E-state index contributed by atoms with van der Waals surface area (Å²) < 4.78 is 58.4. The first-order valence-corrected chi connectivity index (χ1v) is 14.8. The van der Waals surface area contributed by atoms with Crippen molar-refractivity contribution in [3.8, 4) is 5.75 Å². The Bertz CT molecular complexity index is 1180. The van der Waals surface area contributed by atoms with Crippen molar-refractivity contribution < 1.29 is 26.4 Å². The van der Waals surface area contributed by atoms with Crippen LogP contribution in [0.5, 0.6) is 5.75 Å². The van der Waals surface area contributed by atoms with Crippen molar-refractivity contribution in [1.82, 2.24) is 13.9 Å². The highest BCUT2D eigenvalue weighted by atomic mass is 32.2. The molecular weight excluding hydrogens is 498 g/mol. The predicted molar refractivity (Wildman–Crippen MR) is 131 cm³/mol. The molecule has 1 N–H and O–H groups in total. The summed E-state index contributed by atoms with van der Waals surface area (Å²) in [6.45, 7) is 1.08. The lowest BCUT2D eigenvalue weighted by Crippen LogP contribution is -2.39. The molecule has 0 bridgehead atoms. The number of hydrogen-bond donors (Lipinski definition) is 1. The minimum Gasteiger partial charge on any atom is -0.492 e. The Morgan fingerprint density at radius 3 is 2.18 bits per heavy atom. The highest BCUT2D eigenvalue weighted by Gasteiger charge is 2.27. The third-order valence-electron chi connectivity index (χ3n) is 5.35. The van der Waals surface area contributed by atoms with Crippen LogP contribution in [0.4, 0.5) is 0 Å². The number of benzene rings is 2. The van der Waals surface area contributed by atoms with E-state index in [1.165, 1.54) is 47.4 Å². The van der Waals surface area contributed by atoms with Crippen LogP contribution in [0.15, 0.2) is 63.2 Å². The summed E-state index contributed by atoms with van der Waals surface area (Å²) in [4.78, 5) is 13.5. The summed E-state index contributed by atoms with van der Waals surface area (Å²) in [5.74, 6) is 0.0190. The molecule has 2 aromatic rings. The molecule has 2 aromatic carbocycles. The van der Waals surface area contributed by atoms with E-state index in [0.29, 0.717) is 18.8 Å². The largest absolute Gasteiger partial charge is 0.492 e. The van der Waals surface area contributed by atoms with Crippen LogP contribution in [0, 0.1) is 0 Å². The van der Waals surface area contributed by atoms with E-state index in [1.54, 1.807) is 24.3 Å². The zero-order valence-electron chi connectivity index (χ0n) is 19.1. The van der Waals surface area contributed by atoms with Crippen molar-refractivity contribution in [2.75, 3.05) is 46.1 Å². The Hall–Kier alpha value is -2.12. The second-order valence-electron chi connectivity index (χ2n) is 7.72. The third kappa shape index (κ3) is 6.51. The van der Waals surface area contributed by atoms with Gasteiger partial charge in [0.25, 0.3) is 0 Å². The van der Waals surface area contributed by atoms with Crippen molar-refractivity contribution in [1.29, 1.82) is 0 Å². The molecule has 12 heteroatoms. The fraction of sp³-hybridized carbons (Fsp3) is 0.409. The molecule has 186 valence electrons. The Morgan fingerprint density at radius 2 is 1.59 bits per heavy atom. The van der Waals surface area contributed by atoms with E-state index in [2.05, 4.69) is 5.32 Å². The molecule has 0 unspecified atom stereocenters. The van der Waals surface area contributed by atoms with Crippen molar-refractivity contribution in [2.45, 2.75) is 27.5 Å². The molecular formula is C22H29N3O6S3. The summed E-state index contributed by atoms with van der Waals surface area (Å²) in [6.07, 6.45) is 3.65. The molecule has 0 atom stereocenters. The predicted octanol–water partition coefficient (Wildman–Crippen LogP) is 2.01. The maximum absolute atomic E-state index is 12.6. The van der Waals surface area contributed by atoms with E-state index in [9.17, 15) is 21.6 Å². The van der Waals surface area contributed by atoms with Gasteiger partial charge >= 0.3 is 0 Å². The van der Waals surface area contributed by atoms with Crippen LogP contribution in [0.2, 0.25) is 0 Å². The number of rotatable bonds is 11. The number of nitrogens with one attached hydrogen (secondary N) is 1. The van der Waals surface area contributed by atoms with Crippen molar-refractivity contribution in [3.05, 3.63) is 48.5 Å². The number of nitrogens with zero attached hydrogens (tertiary/aromatic N) is 2. The minimum absolute atomic E-state index is 0.124. The Kier molecular flexibility index (Phi) is 8.99. The Morgan fingerprint density at radius 1 is 1.00 bits per heavy atom. The summed E-state index contributed by atoms with van der Waals surface area (Å²) in [6, 6.07) is 12.6. The van der Waals surface area contributed by atoms with Crippen LogP contribution in [0.3, 0.4) is 0 Å². The average molecular weight is 528 g/mol. The van der Waals surface area contributed by atoms with Crippen LogP contribution in [0.1, 0.15) is 12.8 Å². The van der Waals surface area contributed by atoms with E-state index >= 15 is 0 Å². The summed E-state index contributed by atoms with van der Waals surface area (Å²) in [5.41, 5.74) is 0. The molecule has 34 heavy (non-hydrogen) atoms. The maximum Gasteiger partial charge on any atom is 0.243 e. The van der Waals surface area contributed by atoms with E-state index in [1.807, 2.05) is 6.26 Å². The van der Waals surface area contributed by atoms with Gasteiger partial charge in [0.05, 0.1) is 22.9 Å². The molecule has 3 rings (SSSR count). The molecule has 1 fully saturated rings. The van der Waals surface area contributed by atoms with E-state index < -0.39 is 26.0 Å². The first kappa shape index (κ1) is 26.5. The molecule has 1 heterocycles. The summed E-state index contributed by atoms with van der Waals surface area (Å²) >= 11 is 1.51. The SMILES string of the molecule is CSc1ccc(S(=O)(=O)N(C)CC(=O)NCCOc2ccc(S(=O)(=O)N3CCCC3)cc2)cc1. The van der Waals surface area contributed by atoms with Crippen LogP contribution in [-0.2, 0) is 24.8 Å². The van der Waals surface area contributed by atoms with Crippen LogP contribution >= 0.6 is 11.8 Å². The van der Waals surface area contributed by atoms with Gasteiger partial charge in [-0.15, -0.1) is 11.8 Å². The number of hydrogen-bond acceptors (Lipinski definition) is 7. The van der Waals surface area contributed by atoms with E-state index in [4.69, 9.17) is 4.74 Å². The smallest absolute Gasteiger partial charge is 0.243 e. The molecule has 1 amide bonds. The minimum atomic E-state index is -3.78. The van der Waals surface area contributed by atoms with Gasteiger partial charge in [-0.05, 0) is 67.6 Å². The van der Waals surface area contributed by atoms with Crippen LogP contribution < -0.4 is 10.1 Å². The molecule has 9 nitrogen and oxygen atoms in total. The van der Waals surface area contributed by atoms with Crippen molar-refractivity contribution >= 4 is 37.7 Å². The molecule has 0 aliphatic carbocycles. The fourth-order valence-corrected chi connectivity index (χ4v) is 6.47. The Balaban J connectivity index is 1.44. The number of amides is 1. The highest BCUT2D eigenvalue weighted by molar-refractivity contribution is 7.98. The number of carbonyl (C=O) groups is 1. The van der Waals surface area contributed by atoms with Gasteiger partial charge in [0, 0.05) is 25.0 Å². The number of likely N-dealkylation sites (N-methyl/N-ethyl adjacent to an activating group) is 1. The van der Waals surface area contributed by atoms with Crippen LogP contribution in [0.25, 0.3) is 0 Å².